The van der Waals surface area contributed by atoms with Gasteiger partial charge in [-0.3, -0.25) is 0 Å². The lowest BCUT2D eigenvalue weighted by Gasteiger charge is -2.22. The molecule has 32 heavy (non-hydrogen) atoms. The van der Waals surface area contributed by atoms with Crippen LogP contribution in [0.2, 0.25) is 0 Å². The van der Waals surface area contributed by atoms with Crippen molar-refractivity contribution in [3.63, 3.8) is 0 Å². The number of fused-ring (bicyclic) bond motifs is 1. The molecule has 5 rings (SSSR count). The molecule has 1 aliphatic heterocycles. The summed E-state index contributed by atoms with van der Waals surface area (Å²) in [5.41, 5.74) is 4.14. The van der Waals surface area contributed by atoms with E-state index in [2.05, 4.69) is 20.0 Å². The maximum absolute atomic E-state index is 12.6. The first-order valence-electron chi connectivity index (χ1n) is 9.86. The highest BCUT2D eigenvalue weighted by atomic mass is 19.4. The van der Waals surface area contributed by atoms with Crippen molar-refractivity contribution >= 4 is 11.5 Å². The number of halogens is 3. The summed E-state index contributed by atoms with van der Waals surface area (Å²) < 4.78 is 43.5. The Labute approximate surface area is 180 Å². The number of nitrogens with zero attached hydrogens (tertiary/aromatic N) is 7. The summed E-state index contributed by atoms with van der Waals surface area (Å²) in [5.74, 6) is 1.11. The summed E-state index contributed by atoms with van der Waals surface area (Å²) in [6.07, 6.45) is 0.992. The zero-order chi connectivity index (χ0) is 22.5. The van der Waals surface area contributed by atoms with Gasteiger partial charge in [0.05, 0.1) is 18.1 Å². The second-order valence-corrected chi connectivity index (χ2v) is 7.42. The maximum atomic E-state index is 12.6. The molecule has 4 heterocycles. The molecule has 4 aromatic rings. The van der Waals surface area contributed by atoms with E-state index < -0.39 is 6.36 Å². The summed E-state index contributed by atoms with van der Waals surface area (Å²) in [4.78, 5) is 8.17. The van der Waals surface area contributed by atoms with Crippen LogP contribution < -0.4 is 9.64 Å². The lowest BCUT2D eigenvalue weighted by molar-refractivity contribution is -0.274. The van der Waals surface area contributed by atoms with Crippen molar-refractivity contribution < 1.29 is 17.9 Å². The SMILES string of the molecule is Cc1cc(-n2ccc(-n3nccn3)n2)c2c(n1)N(c1ccc(OC(F)(F)F)cc1C)CC2. The summed E-state index contributed by atoms with van der Waals surface area (Å²) in [7, 11) is 0. The fourth-order valence-corrected chi connectivity index (χ4v) is 3.92. The van der Waals surface area contributed by atoms with Gasteiger partial charge in [-0.15, -0.1) is 23.1 Å². The number of aryl methyl sites for hydroxylation is 2. The van der Waals surface area contributed by atoms with Crippen LogP contribution in [0.5, 0.6) is 5.75 Å². The Balaban J connectivity index is 1.51. The molecule has 0 N–H and O–H groups in total. The van der Waals surface area contributed by atoms with Gasteiger partial charge in [0.2, 0.25) is 0 Å². The van der Waals surface area contributed by atoms with Gasteiger partial charge in [-0.1, -0.05) is 0 Å². The van der Waals surface area contributed by atoms with Crippen molar-refractivity contribution in [1.82, 2.24) is 29.8 Å². The van der Waals surface area contributed by atoms with Gasteiger partial charge < -0.3 is 9.64 Å². The molecule has 0 unspecified atom stereocenters. The zero-order valence-electron chi connectivity index (χ0n) is 17.2. The van der Waals surface area contributed by atoms with Crippen LogP contribution in [0.3, 0.4) is 0 Å². The van der Waals surface area contributed by atoms with Gasteiger partial charge in [-0.25, -0.2) is 9.67 Å². The summed E-state index contributed by atoms with van der Waals surface area (Å²) in [6.45, 7) is 4.30. The molecule has 0 amide bonds. The number of benzene rings is 1. The number of rotatable bonds is 4. The maximum Gasteiger partial charge on any atom is 0.573 e. The third kappa shape index (κ3) is 3.66. The Morgan fingerprint density at radius 2 is 1.78 bits per heavy atom. The molecule has 8 nitrogen and oxygen atoms in total. The fourth-order valence-electron chi connectivity index (χ4n) is 3.92. The average Bonchev–Trinajstić information content (AvgIpc) is 3.46. The normalized spacial score (nSPS) is 13.5. The van der Waals surface area contributed by atoms with Gasteiger partial charge in [-0.05, 0) is 50.1 Å². The third-order valence-electron chi connectivity index (χ3n) is 5.19. The van der Waals surface area contributed by atoms with Crippen LogP contribution in [0.4, 0.5) is 24.7 Å². The van der Waals surface area contributed by atoms with E-state index in [1.54, 1.807) is 30.1 Å². The average molecular weight is 441 g/mol. The summed E-state index contributed by atoms with van der Waals surface area (Å²) in [6, 6.07) is 8.11. The molecule has 0 fully saturated rings. The highest BCUT2D eigenvalue weighted by molar-refractivity contribution is 5.73. The Morgan fingerprint density at radius 3 is 2.50 bits per heavy atom. The van der Waals surface area contributed by atoms with Crippen molar-refractivity contribution in [3.05, 3.63) is 65.7 Å². The molecule has 11 heteroatoms. The number of anilines is 2. The second kappa shape index (κ2) is 7.36. The fraction of sp³-hybridized carbons (Fsp3) is 0.238. The number of alkyl halides is 3. The highest BCUT2D eigenvalue weighted by Gasteiger charge is 2.32. The Kier molecular flexibility index (Phi) is 4.61. The van der Waals surface area contributed by atoms with Crippen LogP contribution in [-0.2, 0) is 6.42 Å². The molecule has 0 radical (unpaired) electrons. The first-order chi connectivity index (χ1) is 15.3. The minimum atomic E-state index is -4.73. The molecule has 164 valence electrons. The summed E-state index contributed by atoms with van der Waals surface area (Å²) in [5, 5.41) is 12.8. The van der Waals surface area contributed by atoms with Crippen molar-refractivity contribution in [1.29, 1.82) is 0 Å². The predicted molar refractivity (Wildman–Crippen MR) is 110 cm³/mol. The number of hydrogen-bond donors (Lipinski definition) is 0. The van der Waals surface area contributed by atoms with Gasteiger partial charge in [0.15, 0.2) is 5.82 Å². The van der Waals surface area contributed by atoms with E-state index in [0.29, 0.717) is 24.3 Å². The lowest BCUT2D eigenvalue weighted by atomic mass is 10.1. The molecule has 0 saturated heterocycles. The lowest BCUT2D eigenvalue weighted by Crippen LogP contribution is -2.18. The largest absolute Gasteiger partial charge is 0.573 e. The van der Waals surface area contributed by atoms with Crippen LogP contribution in [0, 0.1) is 13.8 Å². The van der Waals surface area contributed by atoms with E-state index in [0.717, 1.165) is 28.5 Å². The van der Waals surface area contributed by atoms with E-state index in [9.17, 15) is 13.2 Å². The first kappa shape index (κ1) is 20.0. The van der Waals surface area contributed by atoms with Gasteiger partial charge in [-0.2, -0.15) is 10.2 Å². The minimum absolute atomic E-state index is 0.243. The molecule has 0 spiro atoms. The van der Waals surface area contributed by atoms with Gasteiger partial charge in [0, 0.05) is 35.8 Å². The Hall–Kier alpha value is -3.89. The number of aromatic nitrogens is 6. The molecule has 3 aromatic heterocycles. The van der Waals surface area contributed by atoms with E-state index >= 15 is 0 Å². The van der Waals surface area contributed by atoms with Crippen LogP contribution in [0.1, 0.15) is 16.8 Å². The molecule has 0 atom stereocenters. The number of pyridine rings is 1. The van der Waals surface area contributed by atoms with Gasteiger partial charge in [0.1, 0.15) is 11.6 Å². The second-order valence-electron chi connectivity index (χ2n) is 7.42. The van der Waals surface area contributed by atoms with Gasteiger partial charge in [0.25, 0.3) is 0 Å². The van der Waals surface area contributed by atoms with Crippen LogP contribution in [0.15, 0.2) is 48.9 Å². The molecule has 1 aromatic carbocycles. The summed E-state index contributed by atoms with van der Waals surface area (Å²) >= 11 is 0. The quantitative estimate of drug-likeness (QED) is 0.476. The smallest absolute Gasteiger partial charge is 0.406 e. The van der Waals surface area contributed by atoms with Crippen molar-refractivity contribution in [2.75, 3.05) is 11.4 Å². The van der Waals surface area contributed by atoms with E-state index in [4.69, 9.17) is 4.98 Å². The van der Waals surface area contributed by atoms with Crippen molar-refractivity contribution in [2.45, 2.75) is 26.6 Å². The molecule has 0 aliphatic carbocycles. The Morgan fingerprint density at radius 1 is 1.00 bits per heavy atom. The zero-order valence-corrected chi connectivity index (χ0v) is 17.2. The molecular weight excluding hydrogens is 423 g/mol. The van der Waals surface area contributed by atoms with Crippen LogP contribution in [0.25, 0.3) is 11.5 Å². The van der Waals surface area contributed by atoms with Crippen molar-refractivity contribution in [2.24, 2.45) is 0 Å². The minimum Gasteiger partial charge on any atom is -0.406 e. The van der Waals surface area contributed by atoms with E-state index in [1.165, 1.54) is 16.9 Å². The van der Waals surface area contributed by atoms with Gasteiger partial charge >= 0.3 is 6.36 Å². The van der Waals surface area contributed by atoms with Crippen LogP contribution in [-0.4, -0.2) is 42.7 Å². The van der Waals surface area contributed by atoms with Crippen LogP contribution >= 0.6 is 0 Å². The Bertz CT molecular complexity index is 1280. The standard InChI is InChI=1S/C21H18F3N7O/c1-13-11-15(32-21(22,23)24)3-4-17(13)29-9-5-16-18(12-14(2)27-20(16)29)30-10-6-19(28-30)31-25-7-8-26-31/h3-4,6-8,10-12H,5,9H2,1-2H3. The van der Waals surface area contributed by atoms with Crippen molar-refractivity contribution in [3.8, 4) is 17.3 Å². The third-order valence-corrected chi connectivity index (χ3v) is 5.19. The molecular formula is C21H18F3N7O. The number of hydrogen-bond acceptors (Lipinski definition) is 6. The highest BCUT2D eigenvalue weighted by Crippen LogP contribution is 2.39. The molecule has 1 aliphatic rings. The van der Waals surface area contributed by atoms with E-state index in [-0.39, 0.29) is 5.75 Å². The molecule has 0 bridgehead atoms. The number of ether oxygens (including phenoxy) is 1. The predicted octanol–water partition coefficient (Wildman–Crippen LogP) is 4.06. The topological polar surface area (TPSA) is 73.9 Å². The van der Waals surface area contributed by atoms with E-state index in [1.807, 2.05) is 30.2 Å². The molecule has 0 saturated carbocycles. The first-order valence-corrected chi connectivity index (χ1v) is 9.86. The monoisotopic (exact) mass is 441 g/mol.